The molecule has 0 fully saturated rings. The van der Waals surface area contributed by atoms with E-state index in [9.17, 15) is 4.79 Å². The van der Waals surface area contributed by atoms with Crippen molar-refractivity contribution in [3.8, 4) is 5.75 Å². The van der Waals surface area contributed by atoms with Gasteiger partial charge >= 0.3 is 0 Å². The molecule has 0 aliphatic heterocycles. The SMILES string of the molecule is COc1ccc(CO[C@@H](COCc2ccccc2)[C@H](CC=O)OCc2ccccc2)cc1. The molecule has 168 valence electrons. The van der Waals surface area contributed by atoms with Gasteiger partial charge in [-0.1, -0.05) is 72.8 Å². The van der Waals surface area contributed by atoms with Crippen molar-refractivity contribution in [3.63, 3.8) is 0 Å². The third-order valence-corrected chi connectivity index (χ3v) is 5.07. The number of benzene rings is 3. The summed E-state index contributed by atoms with van der Waals surface area (Å²) >= 11 is 0. The summed E-state index contributed by atoms with van der Waals surface area (Å²) in [6.45, 7) is 1.57. The highest BCUT2D eigenvalue weighted by atomic mass is 16.6. The quantitative estimate of drug-likeness (QED) is 0.335. The van der Waals surface area contributed by atoms with Crippen molar-refractivity contribution in [2.45, 2.75) is 38.4 Å². The van der Waals surface area contributed by atoms with Crippen LogP contribution in [-0.4, -0.2) is 32.2 Å². The van der Waals surface area contributed by atoms with Crippen LogP contribution in [0.4, 0.5) is 0 Å². The smallest absolute Gasteiger partial charge is 0.122 e. The lowest BCUT2D eigenvalue weighted by atomic mass is 10.1. The van der Waals surface area contributed by atoms with Crippen molar-refractivity contribution in [3.05, 3.63) is 102 Å². The fraction of sp³-hybridized carbons (Fsp3) is 0.296. The second-order valence-electron chi connectivity index (χ2n) is 7.44. The number of hydrogen-bond donors (Lipinski definition) is 0. The molecule has 0 aliphatic rings. The summed E-state index contributed by atoms with van der Waals surface area (Å²) in [6, 6.07) is 27.6. The molecule has 0 aromatic heterocycles. The first kappa shape index (κ1) is 23.7. The summed E-state index contributed by atoms with van der Waals surface area (Å²) in [5.41, 5.74) is 3.13. The second-order valence-corrected chi connectivity index (χ2v) is 7.44. The molecule has 3 rings (SSSR count). The van der Waals surface area contributed by atoms with E-state index in [2.05, 4.69) is 0 Å². The van der Waals surface area contributed by atoms with Crippen LogP contribution < -0.4 is 4.74 Å². The molecule has 0 spiro atoms. The van der Waals surface area contributed by atoms with Crippen molar-refractivity contribution in [2.75, 3.05) is 13.7 Å². The minimum Gasteiger partial charge on any atom is -0.497 e. The van der Waals surface area contributed by atoms with Crippen LogP contribution in [0.2, 0.25) is 0 Å². The Hall–Kier alpha value is -2.99. The highest BCUT2D eigenvalue weighted by Crippen LogP contribution is 2.17. The minimum absolute atomic E-state index is 0.231. The molecular formula is C27H30O5. The molecule has 0 heterocycles. The van der Waals surface area contributed by atoms with E-state index in [4.69, 9.17) is 18.9 Å². The van der Waals surface area contributed by atoms with Crippen LogP contribution in [0.15, 0.2) is 84.9 Å². The maximum Gasteiger partial charge on any atom is 0.122 e. The van der Waals surface area contributed by atoms with Gasteiger partial charge in [0.1, 0.15) is 18.1 Å². The zero-order chi connectivity index (χ0) is 22.4. The Morgan fingerprint density at radius 1 is 0.688 bits per heavy atom. The molecule has 3 aromatic rings. The van der Waals surface area contributed by atoms with Crippen LogP contribution in [0.25, 0.3) is 0 Å². The molecule has 3 aromatic carbocycles. The molecular weight excluding hydrogens is 404 g/mol. The number of carbonyl (C=O) groups is 1. The molecule has 0 saturated carbocycles. The molecule has 0 N–H and O–H groups in total. The van der Waals surface area contributed by atoms with Crippen LogP contribution in [0.3, 0.4) is 0 Å². The molecule has 5 heteroatoms. The normalized spacial score (nSPS) is 12.8. The van der Waals surface area contributed by atoms with Crippen LogP contribution in [0.5, 0.6) is 5.75 Å². The van der Waals surface area contributed by atoms with Crippen molar-refractivity contribution in [1.82, 2.24) is 0 Å². The van der Waals surface area contributed by atoms with E-state index in [0.717, 1.165) is 28.7 Å². The third-order valence-electron chi connectivity index (χ3n) is 5.07. The second kappa shape index (κ2) is 13.4. The summed E-state index contributed by atoms with van der Waals surface area (Å²) in [6.07, 6.45) is 0.294. The zero-order valence-electron chi connectivity index (χ0n) is 18.4. The van der Waals surface area contributed by atoms with Gasteiger partial charge < -0.3 is 23.7 Å². The van der Waals surface area contributed by atoms with Gasteiger partial charge in [-0.3, -0.25) is 0 Å². The van der Waals surface area contributed by atoms with Gasteiger partial charge in [0.05, 0.1) is 39.6 Å². The lowest BCUT2D eigenvalue weighted by molar-refractivity contribution is -0.129. The molecule has 2 atom stereocenters. The van der Waals surface area contributed by atoms with Gasteiger partial charge in [-0.05, 0) is 28.8 Å². The first-order valence-electron chi connectivity index (χ1n) is 10.7. The number of ether oxygens (including phenoxy) is 4. The molecule has 0 amide bonds. The van der Waals surface area contributed by atoms with E-state index in [0.29, 0.717) is 26.4 Å². The summed E-state index contributed by atoms with van der Waals surface area (Å²) < 4.78 is 23.5. The Bertz CT molecular complexity index is 896. The fourth-order valence-corrected chi connectivity index (χ4v) is 3.25. The van der Waals surface area contributed by atoms with E-state index in [1.54, 1.807) is 7.11 Å². The van der Waals surface area contributed by atoms with Crippen LogP contribution >= 0.6 is 0 Å². The van der Waals surface area contributed by atoms with Crippen molar-refractivity contribution >= 4 is 6.29 Å². The predicted molar refractivity (Wildman–Crippen MR) is 123 cm³/mol. The summed E-state index contributed by atoms with van der Waals surface area (Å²) in [7, 11) is 1.64. The van der Waals surface area contributed by atoms with Gasteiger partial charge in [0, 0.05) is 6.42 Å². The first-order chi connectivity index (χ1) is 15.8. The lowest BCUT2D eigenvalue weighted by Crippen LogP contribution is -2.36. The van der Waals surface area contributed by atoms with E-state index in [1.807, 2.05) is 84.9 Å². The molecule has 0 aliphatic carbocycles. The number of hydrogen-bond acceptors (Lipinski definition) is 5. The lowest BCUT2D eigenvalue weighted by Gasteiger charge is -2.26. The molecule has 32 heavy (non-hydrogen) atoms. The van der Waals surface area contributed by atoms with E-state index in [-0.39, 0.29) is 6.42 Å². The topological polar surface area (TPSA) is 54.0 Å². The van der Waals surface area contributed by atoms with Crippen molar-refractivity contribution in [1.29, 1.82) is 0 Å². The average molecular weight is 435 g/mol. The fourth-order valence-electron chi connectivity index (χ4n) is 3.25. The van der Waals surface area contributed by atoms with Gasteiger partial charge in [0.2, 0.25) is 0 Å². The Morgan fingerprint density at radius 2 is 1.22 bits per heavy atom. The van der Waals surface area contributed by atoms with Gasteiger partial charge in [-0.2, -0.15) is 0 Å². The van der Waals surface area contributed by atoms with Gasteiger partial charge in [0.15, 0.2) is 0 Å². The summed E-state index contributed by atoms with van der Waals surface area (Å²) in [5, 5.41) is 0. The van der Waals surface area contributed by atoms with Crippen molar-refractivity contribution < 1.29 is 23.7 Å². The highest BCUT2D eigenvalue weighted by Gasteiger charge is 2.24. The maximum atomic E-state index is 11.4. The zero-order valence-corrected chi connectivity index (χ0v) is 18.4. The van der Waals surface area contributed by atoms with E-state index in [1.165, 1.54) is 0 Å². The summed E-state index contributed by atoms with van der Waals surface area (Å²) in [5.74, 6) is 0.793. The average Bonchev–Trinajstić information content (AvgIpc) is 2.85. The first-order valence-corrected chi connectivity index (χ1v) is 10.7. The monoisotopic (exact) mass is 434 g/mol. The molecule has 0 unspecified atom stereocenters. The van der Waals surface area contributed by atoms with E-state index < -0.39 is 12.2 Å². The molecule has 0 bridgehead atoms. The van der Waals surface area contributed by atoms with Crippen LogP contribution in [0, 0.1) is 0 Å². The van der Waals surface area contributed by atoms with Crippen LogP contribution in [-0.2, 0) is 38.8 Å². The third kappa shape index (κ3) is 7.93. The Kier molecular flexibility index (Phi) is 9.93. The van der Waals surface area contributed by atoms with Gasteiger partial charge in [-0.25, -0.2) is 0 Å². The summed E-state index contributed by atoms with van der Waals surface area (Å²) in [4.78, 5) is 11.4. The number of carbonyl (C=O) groups excluding carboxylic acids is 1. The highest BCUT2D eigenvalue weighted by molar-refractivity contribution is 5.50. The van der Waals surface area contributed by atoms with Crippen molar-refractivity contribution in [2.24, 2.45) is 0 Å². The van der Waals surface area contributed by atoms with Crippen LogP contribution in [0.1, 0.15) is 23.1 Å². The number of aldehydes is 1. The van der Waals surface area contributed by atoms with E-state index >= 15 is 0 Å². The molecule has 0 saturated heterocycles. The largest absolute Gasteiger partial charge is 0.497 e. The Morgan fingerprint density at radius 3 is 1.78 bits per heavy atom. The number of methoxy groups -OCH3 is 1. The Labute approximate surface area is 189 Å². The molecule has 0 radical (unpaired) electrons. The van der Waals surface area contributed by atoms with Gasteiger partial charge in [0.25, 0.3) is 0 Å². The Balaban J connectivity index is 1.64. The number of rotatable bonds is 14. The van der Waals surface area contributed by atoms with Gasteiger partial charge in [-0.15, -0.1) is 0 Å². The standard InChI is InChI=1S/C27H30O5/c1-29-25-14-12-24(13-15-25)20-32-27(21-30-18-22-8-4-2-5-9-22)26(16-17-28)31-19-23-10-6-3-7-11-23/h2-15,17,26-27H,16,18-21H2,1H3/t26-,27-/m0/s1. The molecule has 5 nitrogen and oxygen atoms in total. The predicted octanol–water partition coefficient (Wildman–Crippen LogP) is 4.97. The minimum atomic E-state index is -0.415. The maximum absolute atomic E-state index is 11.4.